The standard InChI is InChI=1S/C21H21N3O2S/c1-14-12-23-18(15(2)20(14)26-3)13-24-21(25)16-7-9-17(10-8-16)27-19-6-4-5-11-22-19/h4-12H,13H2,1-3H3,(H,24,25). The van der Waals surface area contributed by atoms with E-state index in [0.29, 0.717) is 12.1 Å². The van der Waals surface area contributed by atoms with E-state index in [4.69, 9.17) is 4.74 Å². The molecular weight excluding hydrogens is 358 g/mol. The molecule has 0 saturated carbocycles. The van der Waals surface area contributed by atoms with Crippen LogP contribution < -0.4 is 10.1 Å². The number of benzene rings is 1. The van der Waals surface area contributed by atoms with E-state index in [1.165, 1.54) is 0 Å². The predicted octanol–water partition coefficient (Wildman–Crippen LogP) is 4.18. The molecule has 5 nitrogen and oxygen atoms in total. The summed E-state index contributed by atoms with van der Waals surface area (Å²) in [7, 11) is 1.64. The van der Waals surface area contributed by atoms with E-state index in [0.717, 1.165) is 32.5 Å². The first-order valence-electron chi connectivity index (χ1n) is 8.54. The second kappa shape index (κ2) is 8.68. The summed E-state index contributed by atoms with van der Waals surface area (Å²) < 4.78 is 5.41. The van der Waals surface area contributed by atoms with E-state index >= 15 is 0 Å². The lowest BCUT2D eigenvalue weighted by atomic mass is 10.1. The third-order valence-corrected chi connectivity index (χ3v) is 5.10. The lowest BCUT2D eigenvalue weighted by Gasteiger charge is -2.13. The zero-order valence-electron chi connectivity index (χ0n) is 15.5. The van der Waals surface area contributed by atoms with Crippen molar-refractivity contribution >= 4 is 17.7 Å². The second-order valence-electron chi connectivity index (χ2n) is 6.02. The van der Waals surface area contributed by atoms with Crippen LogP contribution >= 0.6 is 11.8 Å². The molecule has 138 valence electrons. The maximum absolute atomic E-state index is 12.4. The Kier molecular flexibility index (Phi) is 6.08. The molecular formula is C21H21N3O2S. The lowest BCUT2D eigenvalue weighted by Crippen LogP contribution is -2.24. The Balaban J connectivity index is 1.63. The Bertz CT molecular complexity index is 928. The van der Waals surface area contributed by atoms with Crippen molar-refractivity contribution in [3.8, 4) is 5.75 Å². The minimum atomic E-state index is -0.134. The topological polar surface area (TPSA) is 64.1 Å². The number of aromatic nitrogens is 2. The Labute approximate surface area is 163 Å². The summed E-state index contributed by atoms with van der Waals surface area (Å²) in [5.41, 5.74) is 3.33. The predicted molar refractivity (Wildman–Crippen MR) is 106 cm³/mol. The maximum atomic E-state index is 12.4. The molecule has 2 aromatic heterocycles. The fourth-order valence-corrected chi connectivity index (χ4v) is 3.49. The minimum Gasteiger partial charge on any atom is -0.496 e. The molecule has 1 N–H and O–H groups in total. The van der Waals surface area contributed by atoms with Crippen LogP contribution in [0, 0.1) is 13.8 Å². The number of carbonyl (C=O) groups is 1. The summed E-state index contributed by atoms with van der Waals surface area (Å²) in [5.74, 6) is 0.676. The van der Waals surface area contributed by atoms with Gasteiger partial charge in [0.1, 0.15) is 10.8 Å². The van der Waals surface area contributed by atoms with Gasteiger partial charge >= 0.3 is 0 Å². The third-order valence-electron chi connectivity index (χ3n) is 4.14. The molecule has 0 bridgehead atoms. The lowest BCUT2D eigenvalue weighted by molar-refractivity contribution is 0.0950. The molecule has 3 aromatic rings. The first-order valence-corrected chi connectivity index (χ1v) is 9.36. The number of aryl methyl sites for hydroxylation is 1. The van der Waals surface area contributed by atoms with Gasteiger partial charge in [-0.15, -0.1) is 0 Å². The highest BCUT2D eigenvalue weighted by Crippen LogP contribution is 2.26. The third kappa shape index (κ3) is 4.65. The van der Waals surface area contributed by atoms with Crippen molar-refractivity contribution in [1.29, 1.82) is 0 Å². The molecule has 0 saturated heterocycles. The van der Waals surface area contributed by atoms with Gasteiger partial charge in [-0.3, -0.25) is 9.78 Å². The normalized spacial score (nSPS) is 10.5. The van der Waals surface area contributed by atoms with Crippen LogP contribution in [0.4, 0.5) is 0 Å². The molecule has 6 heteroatoms. The number of rotatable bonds is 6. The number of carbonyl (C=O) groups excluding carboxylic acids is 1. The summed E-state index contributed by atoms with van der Waals surface area (Å²) >= 11 is 1.56. The van der Waals surface area contributed by atoms with E-state index in [1.807, 2.05) is 56.3 Å². The number of nitrogens with zero attached hydrogens (tertiary/aromatic N) is 2. The van der Waals surface area contributed by atoms with Crippen molar-refractivity contribution in [2.75, 3.05) is 7.11 Å². The summed E-state index contributed by atoms with van der Waals surface area (Å²) in [6.07, 6.45) is 3.52. The second-order valence-corrected chi connectivity index (χ2v) is 7.12. The zero-order valence-corrected chi connectivity index (χ0v) is 16.3. The first-order chi connectivity index (χ1) is 13.1. The van der Waals surface area contributed by atoms with Gasteiger partial charge in [-0.25, -0.2) is 4.98 Å². The number of hydrogen-bond donors (Lipinski definition) is 1. The van der Waals surface area contributed by atoms with Gasteiger partial charge in [0.15, 0.2) is 0 Å². The number of amides is 1. The number of hydrogen-bond acceptors (Lipinski definition) is 5. The molecule has 0 aliphatic heterocycles. The fraction of sp³-hybridized carbons (Fsp3) is 0.190. The smallest absolute Gasteiger partial charge is 0.251 e. The molecule has 0 spiro atoms. The van der Waals surface area contributed by atoms with Crippen LogP contribution in [0.1, 0.15) is 27.2 Å². The Morgan fingerprint density at radius 1 is 1.11 bits per heavy atom. The van der Waals surface area contributed by atoms with E-state index in [9.17, 15) is 4.79 Å². The number of nitrogens with one attached hydrogen (secondary N) is 1. The van der Waals surface area contributed by atoms with Crippen molar-refractivity contribution < 1.29 is 9.53 Å². The summed E-state index contributed by atoms with van der Waals surface area (Å²) in [6, 6.07) is 13.3. The Hall–Kier alpha value is -2.86. The van der Waals surface area contributed by atoms with Gasteiger partial charge < -0.3 is 10.1 Å². The minimum absolute atomic E-state index is 0.134. The molecule has 0 atom stereocenters. The highest BCUT2D eigenvalue weighted by Gasteiger charge is 2.11. The van der Waals surface area contributed by atoms with E-state index in [1.54, 1.807) is 31.3 Å². The van der Waals surface area contributed by atoms with Crippen LogP contribution in [0.15, 0.2) is 64.8 Å². The van der Waals surface area contributed by atoms with Gasteiger partial charge in [0.25, 0.3) is 5.91 Å². The van der Waals surface area contributed by atoms with Crippen molar-refractivity contribution in [3.05, 3.63) is 77.2 Å². The molecule has 3 rings (SSSR count). The number of ether oxygens (including phenoxy) is 1. The molecule has 1 amide bonds. The molecule has 1 aromatic carbocycles. The van der Waals surface area contributed by atoms with Crippen LogP contribution in [0.3, 0.4) is 0 Å². The quantitative estimate of drug-likeness (QED) is 0.696. The molecule has 2 heterocycles. The van der Waals surface area contributed by atoms with E-state index < -0.39 is 0 Å². The van der Waals surface area contributed by atoms with E-state index in [-0.39, 0.29) is 5.91 Å². The zero-order chi connectivity index (χ0) is 19.2. The van der Waals surface area contributed by atoms with Gasteiger partial charge in [0.05, 0.1) is 19.3 Å². The number of methoxy groups -OCH3 is 1. The average molecular weight is 379 g/mol. The van der Waals surface area contributed by atoms with Crippen molar-refractivity contribution in [2.24, 2.45) is 0 Å². The van der Waals surface area contributed by atoms with Gasteiger partial charge in [0.2, 0.25) is 0 Å². The van der Waals surface area contributed by atoms with Crippen LogP contribution in [-0.4, -0.2) is 23.0 Å². The van der Waals surface area contributed by atoms with Crippen molar-refractivity contribution in [3.63, 3.8) is 0 Å². The van der Waals surface area contributed by atoms with Crippen molar-refractivity contribution in [1.82, 2.24) is 15.3 Å². The maximum Gasteiger partial charge on any atom is 0.251 e. The molecule has 0 radical (unpaired) electrons. The molecule has 0 aliphatic rings. The summed E-state index contributed by atoms with van der Waals surface area (Å²) in [5, 5.41) is 3.84. The van der Waals surface area contributed by atoms with Crippen molar-refractivity contribution in [2.45, 2.75) is 30.3 Å². The summed E-state index contributed by atoms with van der Waals surface area (Å²) in [4.78, 5) is 22.2. The van der Waals surface area contributed by atoms with Crippen LogP contribution in [-0.2, 0) is 6.54 Å². The molecule has 27 heavy (non-hydrogen) atoms. The monoisotopic (exact) mass is 379 g/mol. The van der Waals surface area contributed by atoms with Gasteiger partial charge in [-0.05, 0) is 50.2 Å². The van der Waals surface area contributed by atoms with Gasteiger partial charge in [0, 0.05) is 34.0 Å². The van der Waals surface area contributed by atoms with Crippen LogP contribution in [0.2, 0.25) is 0 Å². The van der Waals surface area contributed by atoms with Gasteiger partial charge in [-0.1, -0.05) is 17.8 Å². The summed E-state index contributed by atoms with van der Waals surface area (Å²) in [6.45, 7) is 4.25. The molecule has 0 aliphatic carbocycles. The first kappa shape index (κ1) is 18.9. The van der Waals surface area contributed by atoms with Crippen LogP contribution in [0.25, 0.3) is 0 Å². The SMILES string of the molecule is COc1c(C)cnc(CNC(=O)c2ccc(Sc3ccccn3)cc2)c1C. The fourth-order valence-electron chi connectivity index (χ4n) is 2.72. The Morgan fingerprint density at radius 3 is 2.56 bits per heavy atom. The Morgan fingerprint density at radius 2 is 1.89 bits per heavy atom. The average Bonchev–Trinajstić information content (AvgIpc) is 2.69. The van der Waals surface area contributed by atoms with Crippen LogP contribution in [0.5, 0.6) is 5.75 Å². The largest absolute Gasteiger partial charge is 0.496 e. The molecule has 0 unspecified atom stereocenters. The van der Waals surface area contributed by atoms with E-state index in [2.05, 4.69) is 15.3 Å². The number of pyridine rings is 2. The highest BCUT2D eigenvalue weighted by atomic mass is 32.2. The van der Waals surface area contributed by atoms with Gasteiger partial charge in [-0.2, -0.15) is 0 Å². The molecule has 0 fully saturated rings. The highest BCUT2D eigenvalue weighted by molar-refractivity contribution is 7.99.